The van der Waals surface area contributed by atoms with Gasteiger partial charge in [-0.3, -0.25) is 0 Å². The molecular formula is C15H21ClN2O2. The van der Waals surface area contributed by atoms with Crippen molar-refractivity contribution in [2.45, 2.75) is 39.2 Å². The number of nitrogens with zero attached hydrogens (tertiary/aromatic N) is 2. The average molecular weight is 297 g/mol. The topological polar surface area (TPSA) is 42.4 Å². The van der Waals surface area contributed by atoms with Gasteiger partial charge >= 0.3 is 6.09 Å². The molecule has 0 N–H and O–H groups in total. The third-order valence-corrected chi connectivity index (χ3v) is 3.62. The zero-order chi connectivity index (χ0) is 14.8. The molecule has 1 aromatic rings. The van der Waals surface area contributed by atoms with Crippen LogP contribution in [-0.2, 0) is 11.2 Å². The number of ether oxygens (including phenoxy) is 1. The number of likely N-dealkylation sites (tertiary alicyclic amines) is 1. The molecule has 1 aromatic heterocycles. The Kier molecular flexibility index (Phi) is 4.53. The van der Waals surface area contributed by atoms with Gasteiger partial charge < -0.3 is 9.64 Å². The van der Waals surface area contributed by atoms with Crippen LogP contribution in [0.4, 0.5) is 4.79 Å². The fourth-order valence-electron chi connectivity index (χ4n) is 2.37. The summed E-state index contributed by atoms with van der Waals surface area (Å²) >= 11 is 6.07. The maximum Gasteiger partial charge on any atom is 0.410 e. The Morgan fingerprint density at radius 2 is 2.30 bits per heavy atom. The molecule has 2 rings (SSSR count). The predicted molar refractivity (Wildman–Crippen MR) is 78.9 cm³/mol. The summed E-state index contributed by atoms with van der Waals surface area (Å²) in [6.45, 7) is 7.12. The summed E-state index contributed by atoms with van der Waals surface area (Å²) in [4.78, 5) is 17.9. The number of amides is 1. The fourth-order valence-corrected chi connectivity index (χ4v) is 2.57. The van der Waals surface area contributed by atoms with Crippen LogP contribution in [0.25, 0.3) is 0 Å². The van der Waals surface area contributed by atoms with E-state index in [4.69, 9.17) is 16.3 Å². The molecule has 1 aliphatic heterocycles. The van der Waals surface area contributed by atoms with E-state index in [-0.39, 0.29) is 6.09 Å². The smallest absolute Gasteiger partial charge is 0.410 e. The van der Waals surface area contributed by atoms with Crippen LogP contribution in [0.1, 0.15) is 32.8 Å². The minimum atomic E-state index is -0.443. The van der Waals surface area contributed by atoms with Crippen molar-refractivity contribution >= 4 is 17.7 Å². The Morgan fingerprint density at radius 1 is 1.55 bits per heavy atom. The van der Waals surface area contributed by atoms with E-state index in [1.807, 2.05) is 32.9 Å². The molecule has 1 atom stereocenters. The lowest BCUT2D eigenvalue weighted by atomic mass is 10.00. The maximum absolute atomic E-state index is 12.0. The molecular weight excluding hydrogens is 276 g/mol. The highest BCUT2D eigenvalue weighted by Crippen LogP contribution is 2.25. The van der Waals surface area contributed by atoms with Crippen LogP contribution in [0.15, 0.2) is 18.3 Å². The van der Waals surface area contributed by atoms with Gasteiger partial charge in [-0.15, -0.1) is 0 Å². The lowest BCUT2D eigenvalue weighted by Gasteiger charge is -2.24. The average Bonchev–Trinajstić information content (AvgIpc) is 2.79. The van der Waals surface area contributed by atoms with E-state index in [1.54, 1.807) is 11.1 Å². The predicted octanol–water partition coefficient (Wildman–Crippen LogP) is 3.53. The van der Waals surface area contributed by atoms with E-state index in [0.29, 0.717) is 11.1 Å². The van der Waals surface area contributed by atoms with E-state index in [0.717, 1.165) is 31.5 Å². The maximum atomic E-state index is 12.0. The Morgan fingerprint density at radius 3 is 2.95 bits per heavy atom. The van der Waals surface area contributed by atoms with Gasteiger partial charge in [0.1, 0.15) is 10.8 Å². The van der Waals surface area contributed by atoms with Crippen LogP contribution < -0.4 is 0 Å². The Hall–Kier alpha value is -1.29. The van der Waals surface area contributed by atoms with Gasteiger partial charge in [0.05, 0.1) is 0 Å². The molecule has 0 aromatic carbocycles. The van der Waals surface area contributed by atoms with Crippen LogP contribution in [-0.4, -0.2) is 34.7 Å². The first kappa shape index (κ1) is 15.1. The van der Waals surface area contributed by atoms with Gasteiger partial charge in [0.25, 0.3) is 0 Å². The highest BCUT2D eigenvalue weighted by Gasteiger charge is 2.30. The van der Waals surface area contributed by atoms with E-state index >= 15 is 0 Å². The van der Waals surface area contributed by atoms with Crippen LogP contribution in [0.3, 0.4) is 0 Å². The van der Waals surface area contributed by atoms with E-state index in [9.17, 15) is 4.79 Å². The summed E-state index contributed by atoms with van der Waals surface area (Å²) in [5.74, 6) is 0.421. The van der Waals surface area contributed by atoms with Gasteiger partial charge in [-0.25, -0.2) is 9.78 Å². The highest BCUT2D eigenvalue weighted by molar-refractivity contribution is 6.30. The van der Waals surface area contributed by atoms with Crippen molar-refractivity contribution in [1.29, 1.82) is 0 Å². The Balaban J connectivity index is 1.90. The first-order chi connectivity index (χ1) is 9.35. The van der Waals surface area contributed by atoms with Crippen LogP contribution >= 0.6 is 11.6 Å². The van der Waals surface area contributed by atoms with Gasteiger partial charge in [-0.05, 0) is 51.2 Å². The third-order valence-electron chi connectivity index (χ3n) is 3.28. The van der Waals surface area contributed by atoms with Crippen molar-refractivity contribution in [2.24, 2.45) is 5.92 Å². The molecule has 20 heavy (non-hydrogen) atoms. The summed E-state index contributed by atoms with van der Waals surface area (Å²) < 4.78 is 5.39. The molecule has 1 fully saturated rings. The van der Waals surface area contributed by atoms with Crippen molar-refractivity contribution in [3.05, 3.63) is 29.0 Å². The molecule has 0 saturated carbocycles. The number of pyridine rings is 1. The summed E-state index contributed by atoms with van der Waals surface area (Å²) in [6, 6.07) is 3.88. The van der Waals surface area contributed by atoms with Crippen molar-refractivity contribution in [3.63, 3.8) is 0 Å². The number of rotatable bonds is 2. The molecule has 0 spiro atoms. The second-order valence-corrected chi connectivity index (χ2v) is 6.60. The second kappa shape index (κ2) is 6.00. The van der Waals surface area contributed by atoms with Gasteiger partial charge in [-0.2, -0.15) is 0 Å². The van der Waals surface area contributed by atoms with Gasteiger partial charge in [-0.1, -0.05) is 17.7 Å². The molecule has 110 valence electrons. The summed E-state index contributed by atoms with van der Waals surface area (Å²) in [5, 5.41) is 0.559. The number of halogens is 1. The van der Waals surface area contributed by atoms with Crippen LogP contribution in [0.2, 0.25) is 5.15 Å². The third kappa shape index (κ3) is 4.10. The molecule has 2 heterocycles. The van der Waals surface area contributed by atoms with E-state index in [1.165, 1.54) is 0 Å². The molecule has 4 nitrogen and oxygen atoms in total. The Bertz CT molecular complexity index is 485. The normalized spacial score (nSPS) is 19.2. The van der Waals surface area contributed by atoms with Crippen molar-refractivity contribution in [1.82, 2.24) is 9.88 Å². The molecule has 1 saturated heterocycles. The van der Waals surface area contributed by atoms with Gasteiger partial charge in [0.15, 0.2) is 0 Å². The lowest BCUT2D eigenvalue weighted by Crippen LogP contribution is -2.35. The van der Waals surface area contributed by atoms with Gasteiger partial charge in [0, 0.05) is 19.3 Å². The zero-order valence-corrected chi connectivity index (χ0v) is 13.0. The summed E-state index contributed by atoms with van der Waals surface area (Å²) in [6.07, 6.45) is 3.29. The first-order valence-corrected chi connectivity index (χ1v) is 7.30. The Labute approximate surface area is 125 Å². The number of carbonyl (C=O) groups is 1. The van der Waals surface area contributed by atoms with E-state index in [2.05, 4.69) is 4.98 Å². The summed E-state index contributed by atoms with van der Waals surface area (Å²) in [5.41, 5.74) is 0.604. The van der Waals surface area contributed by atoms with Crippen molar-refractivity contribution in [3.8, 4) is 0 Å². The quantitative estimate of drug-likeness (QED) is 0.784. The zero-order valence-electron chi connectivity index (χ0n) is 12.2. The SMILES string of the molecule is CC(C)(C)OC(=O)N1CCC(Cc2cccnc2Cl)C1. The monoisotopic (exact) mass is 296 g/mol. The molecule has 0 bridgehead atoms. The molecule has 1 aliphatic rings. The largest absolute Gasteiger partial charge is 0.444 e. The number of hydrogen-bond acceptors (Lipinski definition) is 3. The number of hydrogen-bond donors (Lipinski definition) is 0. The van der Waals surface area contributed by atoms with Crippen molar-refractivity contribution < 1.29 is 9.53 Å². The number of carbonyl (C=O) groups excluding carboxylic acids is 1. The summed E-state index contributed by atoms with van der Waals surface area (Å²) in [7, 11) is 0. The minimum Gasteiger partial charge on any atom is -0.444 e. The highest BCUT2D eigenvalue weighted by atomic mass is 35.5. The molecule has 0 radical (unpaired) electrons. The van der Waals surface area contributed by atoms with Crippen LogP contribution in [0, 0.1) is 5.92 Å². The van der Waals surface area contributed by atoms with Crippen molar-refractivity contribution in [2.75, 3.05) is 13.1 Å². The van der Waals surface area contributed by atoms with E-state index < -0.39 is 5.60 Å². The molecule has 1 unspecified atom stereocenters. The second-order valence-electron chi connectivity index (χ2n) is 6.24. The molecule has 1 amide bonds. The minimum absolute atomic E-state index is 0.225. The first-order valence-electron chi connectivity index (χ1n) is 6.92. The number of aromatic nitrogens is 1. The molecule has 0 aliphatic carbocycles. The standard InChI is InChI=1S/C15H21ClN2O2/c1-15(2,3)20-14(19)18-8-6-11(10-18)9-12-5-4-7-17-13(12)16/h4-5,7,11H,6,8-10H2,1-3H3. The molecule has 5 heteroatoms. The van der Waals surface area contributed by atoms with Gasteiger partial charge in [0.2, 0.25) is 0 Å². The lowest BCUT2D eigenvalue weighted by molar-refractivity contribution is 0.0288. The fraction of sp³-hybridized carbons (Fsp3) is 0.600. The van der Waals surface area contributed by atoms with Crippen LogP contribution in [0.5, 0.6) is 0 Å².